The van der Waals surface area contributed by atoms with Crippen molar-refractivity contribution in [2.45, 2.75) is 155 Å². The van der Waals surface area contributed by atoms with E-state index in [9.17, 15) is 19.2 Å². The third kappa shape index (κ3) is 20.3. The predicted molar refractivity (Wildman–Crippen MR) is 264 cm³/mol. The van der Waals surface area contributed by atoms with Crippen LogP contribution in [0.15, 0.2) is 72.0 Å². The second-order valence-corrected chi connectivity index (χ2v) is 18.9. The molecule has 68 heavy (non-hydrogen) atoms. The van der Waals surface area contributed by atoms with Gasteiger partial charge in [-0.2, -0.15) is 0 Å². The Morgan fingerprint density at radius 2 is 1.43 bits per heavy atom. The van der Waals surface area contributed by atoms with E-state index in [-0.39, 0.29) is 96.1 Å². The van der Waals surface area contributed by atoms with Crippen LogP contribution in [0.4, 0.5) is 0 Å². The number of carbonyl (C=O) groups is 4. The molecule has 0 N–H and O–H groups in total. The van der Waals surface area contributed by atoms with Crippen molar-refractivity contribution in [2.24, 2.45) is 35.5 Å². The monoisotopic (exact) mass is 958 g/mol. The Morgan fingerprint density at radius 1 is 0.794 bits per heavy atom. The minimum atomic E-state index is -0.609. The van der Waals surface area contributed by atoms with Gasteiger partial charge < -0.3 is 47.5 Å². The summed E-state index contributed by atoms with van der Waals surface area (Å²) >= 11 is 0. The maximum Gasteiger partial charge on any atom is 0.331 e. The highest BCUT2D eigenvalue weighted by Crippen LogP contribution is 2.33. The van der Waals surface area contributed by atoms with Gasteiger partial charge in [0, 0.05) is 130 Å². The summed E-state index contributed by atoms with van der Waals surface area (Å²) in [6.07, 6.45) is 20.1. The average molecular weight is 958 g/mol. The number of ether oxygens (including phenoxy) is 9. The summed E-state index contributed by atoms with van der Waals surface area (Å²) in [6.45, 7) is 14.1. The maximum absolute atomic E-state index is 13.7. The molecule has 0 aromatic heterocycles. The van der Waals surface area contributed by atoms with Crippen molar-refractivity contribution in [3.8, 4) is 0 Å². The molecule has 15 atom stereocenters. The maximum atomic E-state index is 13.7. The summed E-state index contributed by atoms with van der Waals surface area (Å²) in [5, 5.41) is 0. The smallest absolute Gasteiger partial charge is 0.331 e. The summed E-state index contributed by atoms with van der Waals surface area (Å²) in [4.78, 5) is 52.5. The molecule has 0 spiro atoms. The molecular weight excluding hydrogens is 871 g/mol. The lowest BCUT2D eigenvalue weighted by molar-refractivity contribution is -0.152. The number of rotatable bonds is 19. The third-order valence-electron chi connectivity index (χ3n) is 13.9. The molecule has 2 bridgehead atoms. The molecule has 0 saturated heterocycles. The molecule has 0 saturated carbocycles. The molecule has 2 heterocycles. The van der Waals surface area contributed by atoms with Crippen molar-refractivity contribution >= 4 is 24.1 Å². The molecule has 0 fully saturated rings. The van der Waals surface area contributed by atoms with Gasteiger partial charge in [0.25, 0.3) is 0 Å². The molecule has 14 heteroatoms. The van der Waals surface area contributed by atoms with Crippen molar-refractivity contribution in [2.75, 3.05) is 56.8 Å². The van der Waals surface area contributed by atoms with E-state index in [4.69, 9.17) is 42.6 Å². The number of hydrogen-bond acceptors (Lipinski definition) is 13. The molecule has 0 aromatic carbocycles. The summed E-state index contributed by atoms with van der Waals surface area (Å²) in [7, 11) is 13.3. The van der Waals surface area contributed by atoms with Crippen LogP contribution in [0.1, 0.15) is 99.8 Å². The summed E-state index contributed by atoms with van der Waals surface area (Å²) in [6, 6.07) is 0. The van der Waals surface area contributed by atoms with E-state index in [1.807, 2.05) is 65.0 Å². The Balaban J connectivity index is 2.49. The van der Waals surface area contributed by atoms with Gasteiger partial charge in [-0.3, -0.25) is 9.59 Å². The number of Topliss-reactive ketones (excluding diaryl/α,β-unsaturated/α-hetero) is 1. The molecule has 0 radical (unpaired) electrons. The van der Waals surface area contributed by atoms with Crippen LogP contribution < -0.4 is 0 Å². The summed E-state index contributed by atoms with van der Waals surface area (Å²) < 4.78 is 53.8. The van der Waals surface area contributed by atoms with Gasteiger partial charge in [0.1, 0.15) is 18.0 Å². The first-order chi connectivity index (χ1) is 32.4. The first-order valence-electron chi connectivity index (χ1n) is 24.3. The van der Waals surface area contributed by atoms with E-state index in [0.717, 1.165) is 11.1 Å². The van der Waals surface area contributed by atoms with Crippen molar-refractivity contribution < 1.29 is 61.8 Å². The van der Waals surface area contributed by atoms with Crippen LogP contribution in [0.25, 0.3) is 0 Å². The minimum absolute atomic E-state index is 0.0107. The van der Waals surface area contributed by atoms with Gasteiger partial charge >= 0.3 is 11.9 Å². The van der Waals surface area contributed by atoms with Crippen LogP contribution in [0.3, 0.4) is 0 Å². The number of allylic oxidation sites excluding steroid dienone is 2. The fourth-order valence-electron chi connectivity index (χ4n) is 9.37. The zero-order valence-electron chi connectivity index (χ0n) is 43.9. The van der Waals surface area contributed by atoms with Gasteiger partial charge in [0.2, 0.25) is 6.41 Å². The number of ketones is 1. The van der Waals surface area contributed by atoms with Crippen molar-refractivity contribution in [3.63, 3.8) is 0 Å². The van der Waals surface area contributed by atoms with E-state index in [1.165, 1.54) is 11.0 Å². The zero-order valence-corrected chi connectivity index (χ0v) is 43.9. The molecule has 0 aromatic rings. The van der Waals surface area contributed by atoms with E-state index in [1.54, 1.807) is 75.2 Å². The number of cyclic esters (lactones) is 1. The van der Waals surface area contributed by atoms with Crippen molar-refractivity contribution in [1.82, 2.24) is 4.90 Å². The lowest BCUT2D eigenvalue weighted by Crippen LogP contribution is -2.41. The molecular formula is C54H87NO13. The molecule has 2 aliphatic heterocycles. The fourth-order valence-corrected chi connectivity index (χ4v) is 9.37. The number of hydrogen-bond donors (Lipinski definition) is 0. The first-order valence-corrected chi connectivity index (χ1v) is 24.3. The van der Waals surface area contributed by atoms with Crippen LogP contribution in [0.2, 0.25) is 0 Å². The Labute approximate surface area is 408 Å². The lowest BCUT2D eigenvalue weighted by Gasteiger charge is -2.35. The summed E-state index contributed by atoms with van der Waals surface area (Å²) in [5.41, 5.74) is 1.93. The number of amides is 1. The second-order valence-electron chi connectivity index (χ2n) is 18.9. The molecule has 386 valence electrons. The van der Waals surface area contributed by atoms with Crippen LogP contribution in [-0.4, -0.2) is 141 Å². The van der Waals surface area contributed by atoms with Gasteiger partial charge in [-0.25, -0.2) is 9.59 Å². The normalized spacial score (nSPS) is 31.5. The third-order valence-corrected chi connectivity index (χ3v) is 13.9. The highest BCUT2D eigenvalue weighted by Gasteiger charge is 2.37. The molecule has 1 amide bonds. The van der Waals surface area contributed by atoms with Crippen LogP contribution in [0, 0.1) is 35.5 Å². The lowest BCUT2D eigenvalue weighted by atomic mass is 9.81. The van der Waals surface area contributed by atoms with E-state index in [2.05, 4.69) is 19.9 Å². The number of nitrogens with zero attached hydrogens (tertiary/aromatic N) is 1. The molecule has 2 aliphatic rings. The number of fused-ring (bicyclic) bond motifs is 2. The molecule has 0 aliphatic carbocycles. The highest BCUT2D eigenvalue weighted by atomic mass is 16.6. The fraction of sp³-hybridized carbons (Fsp3) is 0.704. The largest absolute Gasteiger partial charge is 0.458 e. The molecule has 14 nitrogen and oxygen atoms in total. The zero-order chi connectivity index (χ0) is 50.9. The van der Waals surface area contributed by atoms with E-state index in [0.29, 0.717) is 57.8 Å². The Hall–Kier alpha value is -3.76. The second kappa shape index (κ2) is 32.2. The number of methoxy groups -OCH3 is 7. The van der Waals surface area contributed by atoms with Gasteiger partial charge in [0.05, 0.1) is 42.7 Å². The van der Waals surface area contributed by atoms with Gasteiger partial charge in [-0.15, -0.1) is 0 Å². The van der Waals surface area contributed by atoms with E-state index >= 15 is 0 Å². The van der Waals surface area contributed by atoms with Gasteiger partial charge in [-0.05, 0) is 38.5 Å². The SMILES string of the molecule is COC1CC2=CC(=O)O[C@H](C2)[C@H](C)[C@H](OC)C[C@@H](OC)C=C[C@H](C)[C@@H](OC)C[C@@H](OC)/C=C/[C@H](C)[C@@H]([C@@H](C)[C@@H](OC)[C@@H](C)CCC(=O)[C@H](C)[C@@H](C/C=C/N(C)C=O)OC)OC(=O)/C=C/C=C(\C)C1. The summed E-state index contributed by atoms with van der Waals surface area (Å²) in [5.74, 6) is -1.91. The van der Waals surface area contributed by atoms with Crippen molar-refractivity contribution in [3.05, 3.63) is 72.0 Å². The average Bonchev–Trinajstić information content (AvgIpc) is 3.32. The molecule has 1 unspecified atom stereocenters. The number of esters is 2. The van der Waals surface area contributed by atoms with Gasteiger partial charge in [-0.1, -0.05) is 95.2 Å². The highest BCUT2D eigenvalue weighted by molar-refractivity contribution is 5.84. The molecule has 2 rings (SSSR count). The minimum Gasteiger partial charge on any atom is -0.458 e. The topological polar surface area (TPSA) is 155 Å². The van der Waals surface area contributed by atoms with Crippen LogP contribution >= 0.6 is 0 Å². The van der Waals surface area contributed by atoms with Gasteiger partial charge in [0.15, 0.2) is 0 Å². The number of carbonyl (C=O) groups excluding carboxylic acids is 4. The van der Waals surface area contributed by atoms with Crippen molar-refractivity contribution in [1.29, 1.82) is 0 Å². The van der Waals surface area contributed by atoms with Crippen LogP contribution in [-0.2, 0) is 61.8 Å². The quantitative estimate of drug-likeness (QED) is 0.0691. The Morgan fingerprint density at radius 3 is 2.00 bits per heavy atom. The Kier molecular flexibility index (Phi) is 28.6. The van der Waals surface area contributed by atoms with Crippen LogP contribution in [0.5, 0.6) is 0 Å². The predicted octanol–water partition coefficient (Wildman–Crippen LogP) is 8.59. The first kappa shape index (κ1) is 60.4. The van der Waals surface area contributed by atoms with E-state index < -0.39 is 12.1 Å². The standard InChI is InChI=1S/C54H87NO13/c1-35-18-16-20-51(58)68-54(41(7)53(66-15)37(3)23-26-46(57)39(5)47(63-12)19-17-27-55(8)34-56)38(4)22-25-43(60-9)32-48(64-13)36(2)21-24-44(61-10)33-49(65-14)40(6)50-30-42(31-52(59)67-50)29-45(28-35)62-11/h16-18,20-22,24-25,27,31,34,36-41,43-45,47-50,53-54H,19,23,26,28-30,32-33H2,1-15H3/b20-16+,24-21?,25-22+,27-17+,35-18+/t36-,37-,38-,39-,40+,41-,43-,44-,45?,47+,48-,49+,50+,53-,54-/m0/s1. The Bertz CT molecular complexity index is 1700.